The highest BCUT2D eigenvalue weighted by atomic mass is 16.3. The smallest absolute Gasteiger partial charge is 0.248 e. The molecule has 0 aromatic rings. The summed E-state index contributed by atoms with van der Waals surface area (Å²) in [6.45, 7) is 0.588. The topological polar surface area (TPSA) is 95.7 Å². The van der Waals surface area contributed by atoms with Crippen molar-refractivity contribution in [2.24, 2.45) is 5.73 Å². The second-order valence-electron chi connectivity index (χ2n) is 4.48. The normalized spacial score (nSPS) is 27.2. The largest absolute Gasteiger partial charge is 0.381 e. The molecule has 2 unspecified atom stereocenters. The van der Waals surface area contributed by atoms with Crippen molar-refractivity contribution in [3.05, 3.63) is 0 Å². The summed E-state index contributed by atoms with van der Waals surface area (Å²) in [5, 5.41) is 12.5. The fourth-order valence-corrected chi connectivity index (χ4v) is 1.91. The maximum atomic E-state index is 11.8. The van der Waals surface area contributed by atoms with Gasteiger partial charge in [-0.25, -0.2) is 0 Å². The van der Waals surface area contributed by atoms with Gasteiger partial charge in [-0.05, 0) is 19.3 Å². The average molecular weight is 227 g/mol. The molecule has 2 fully saturated rings. The van der Waals surface area contributed by atoms with Crippen molar-refractivity contribution < 1.29 is 14.7 Å². The quantitative estimate of drug-likeness (QED) is 0.515. The summed E-state index contributed by atoms with van der Waals surface area (Å²) in [6.07, 6.45) is 1.74. The van der Waals surface area contributed by atoms with Crippen molar-refractivity contribution >= 4 is 11.8 Å². The molecule has 16 heavy (non-hydrogen) atoms. The Morgan fingerprint density at radius 3 is 2.81 bits per heavy atom. The van der Waals surface area contributed by atoms with Crippen LogP contribution in [0.1, 0.15) is 19.3 Å². The van der Waals surface area contributed by atoms with Crippen LogP contribution in [0.15, 0.2) is 0 Å². The van der Waals surface area contributed by atoms with Crippen LogP contribution in [0.5, 0.6) is 0 Å². The highest BCUT2D eigenvalue weighted by Gasteiger charge is 2.36. The Morgan fingerprint density at radius 1 is 1.56 bits per heavy atom. The fraction of sp³-hybridized carbons (Fsp3) is 0.800. The molecule has 0 aromatic heterocycles. The Bertz CT molecular complexity index is 304. The Kier molecular flexibility index (Phi) is 3.11. The molecule has 2 aliphatic rings. The molecule has 6 nitrogen and oxygen atoms in total. The van der Waals surface area contributed by atoms with E-state index in [1.165, 1.54) is 4.90 Å². The maximum Gasteiger partial charge on any atom is 0.248 e. The van der Waals surface area contributed by atoms with E-state index in [1.54, 1.807) is 0 Å². The molecule has 1 heterocycles. The molecule has 0 spiro atoms. The number of primary amides is 1. The van der Waals surface area contributed by atoms with E-state index in [1.807, 2.05) is 0 Å². The van der Waals surface area contributed by atoms with Gasteiger partial charge in [0.1, 0.15) is 6.10 Å². The van der Waals surface area contributed by atoms with Crippen molar-refractivity contribution in [2.75, 3.05) is 13.1 Å². The summed E-state index contributed by atoms with van der Waals surface area (Å²) in [4.78, 5) is 24.0. The summed E-state index contributed by atoms with van der Waals surface area (Å²) in [5.41, 5.74) is 4.94. The lowest BCUT2D eigenvalue weighted by Crippen LogP contribution is -2.44. The molecule has 0 aromatic carbocycles. The first-order chi connectivity index (χ1) is 7.58. The van der Waals surface area contributed by atoms with E-state index in [0.29, 0.717) is 12.6 Å². The van der Waals surface area contributed by atoms with Crippen LogP contribution in [0.25, 0.3) is 0 Å². The number of hydrogen-bond acceptors (Lipinski definition) is 4. The molecule has 1 saturated heterocycles. The Balaban J connectivity index is 1.83. The number of β-amino-alcohol motifs (C(OH)–C–C–N with tert-alkyl or cyclic N) is 1. The zero-order valence-electron chi connectivity index (χ0n) is 9.06. The van der Waals surface area contributed by atoms with Crippen LogP contribution in [-0.2, 0) is 9.59 Å². The maximum absolute atomic E-state index is 11.8. The van der Waals surface area contributed by atoms with Crippen LogP contribution in [-0.4, -0.2) is 53.1 Å². The van der Waals surface area contributed by atoms with E-state index in [4.69, 9.17) is 5.73 Å². The number of rotatable bonds is 5. The second kappa shape index (κ2) is 4.39. The van der Waals surface area contributed by atoms with Gasteiger partial charge in [-0.3, -0.25) is 9.59 Å². The van der Waals surface area contributed by atoms with Gasteiger partial charge in [-0.1, -0.05) is 0 Å². The van der Waals surface area contributed by atoms with Gasteiger partial charge < -0.3 is 21.1 Å². The number of nitrogens with two attached hydrogens (primary N) is 1. The lowest BCUT2D eigenvalue weighted by Gasteiger charge is -2.19. The van der Waals surface area contributed by atoms with Crippen LogP contribution in [0, 0.1) is 0 Å². The second-order valence-corrected chi connectivity index (χ2v) is 4.48. The minimum absolute atomic E-state index is 0.0109. The molecule has 2 amide bonds. The van der Waals surface area contributed by atoms with Crippen molar-refractivity contribution in [1.29, 1.82) is 0 Å². The van der Waals surface area contributed by atoms with E-state index < -0.39 is 12.0 Å². The lowest BCUT2D eigenvalue weighted by molar-refractivity contribution is -0.133. The summed E-state index contributed by atoms with van der Waals surface area (Å²) < 4.78 is 0. The molecule has 6 heteroatoms. The predicted molar refractivity (Wildman–Crippen MR) is 56.3 cm³/mol. The van der Waals surface area contributed by atoms with Gasteiger partial charge in [0.15, 0.2) is 0 Å². The number of hydrogen-bond donors (Lipinski definition) is 3. The van der Waals surface area contributed by atoms with E-state index >= 15 is 0 Å². The lowest BCUT2D eigenvalue weighted by atomic mass is 10.2. The Labute approximate surface area is 93.8 Å². The van der Waals surface area contributed by atoms with Crippen molar-refractivity contribution in [3.63, 3.8) is 0 Å². The van der Waals surface area contributed by atoms with Crippen molar-refractivity contribution in [3.8, 4) is 0 Å². The number of carbonyl (C=O) groups is 2. The zero-order chi connectivity index (χ0) is 11.7. The van der Waals surface area contributed by atoms with E-state index in [0.717, 1.165) is 19.3 Å². The highest BCUT2D eigenvalue weighted by Crippen LogP contribution is 2.22. The third kappa shape index (κ3) is 2.51. The third-order valence-corrected chi connectivity index (χ3v) is 3.03. The molecule has 0 radical (unpaired) electrons. The first-order valence-corrected chi connectivity index (χ1v) is 5.60. The molecule has 0 bridgehead atoms. The van der Waals surface area contributed by atoms with Gasteiger partial charge in [0.2, 0.25) is 11.8 Å². The van der Waals surface area contributed by atoms with Gasteiger partial charge in [0, 0.05) is 12.6 Å². The molecule has 90 valence electrons. The van der Waals surface area contributed by atoms with Gasteiger partial charge in [-0.15, -0.1) is 0 Å². The monoisotopic (exact) mass is 227 g/mol. The first-order valence-electron chi connectivity index (χ1n) is 5.60. The van der Waals surface area contributed by atoms with Crippen molar-refractivity contribution in [2.45, 2.75) is 37.5 Å². The molecular weight excluding hydrogens is 210 g/mol. The molecule has 1 aliphatic heterocycles. The van der Waals surface area contributed by atoms with Crippen LogP contribution < -0.4 is 11.1 Å². The predicted octanol–water partition coefficient (Wildman–Crippen LogP) is -1.81. The third-order valence-electron chi connectivity index (χ3n) is 3.03. The van der Waals surface area contributed by atoms with E-state index in [2.05, 4.69) is 5.32 Å². The van der Waals surface area contributed by atoms with Crippen LogP contribution in [0.4, 0.5) is 0 Å². The molecular formula is C10H17N3O3. The van der Waals surface area contributed by atoms with Gasteiger partial charge >= 0.3 is 0 Å². The summed E-state index contributed by atoms with van der Waals surface area (Å²) >= 11 is 0. The minimum Gasteiger partial charge on any atom is -0.381 e. The zero-order valence-corrected chi connectivity index (χ0v) is 9.06. The number of nitrogens with zero attached hydrogens (tertiary/aromatic N) is 1. The summed E-state index contributed by atoms with van der Waals surface area (Å²) in [5.74, 6) is -0.821. The molecule has 2 atom stereocenters. The average Bonchev–Trinajstić information content (AvgIpc) is 2.98. The number of amides is 2. The van der Waals surface area contributed by atoms with Gasteiger partial charge in [0.05, 0.1) is 12.6 Å². The Hall–Kier alpha value is -1.14. The van der Waals surface area contributed by atoms with Crippen LogP contribution in [0.3, 0.4) is 0 Å². The fourth-order valence-electron chi connectivity index (χ4n) is 1.91. The molecule has 1 aliphatic carbocycles. The van der Waals surface area contributed by atoms with Gasteiger partial charge in [0.25, 0.3) is 0 Å². The number of nitrogens with one attached hydrogen (secondary N) is 1. The van der Waals surface area contributed by atoms with E-state index in [9.17, 15) is 14.7 Å². The molecule has 4 N–H and O–H groups in total. The van der Waals surface area contributed by atoms with Gasteiger partial charge in [-0.2, -0.15) is 0 Å². The van der Waals surface area contributed by atoms with E-state index in [-0.39, 0.29) is 18.5 Å². The first kappa shape index (κ1) is 11.3. The number of likely N-dealkylation sites (tertiary alicyclic amines) is 1. The highest BCUT2D eigenvalue weighted by molar-refractivity contribution is 5.85. The standard InChI is InChI=1S/C10H17N3O3/c11-9(15)8(14)5-13-4-3-7(10(13)16)12-6-1-2-6/h6-8,12,14H,1-5H2,(H2,11,15). The number of aliphatic hydroxyl groups is 1. The van der Waals surface area contributed by atoms with Crippen LogP contribution in [0.2, 0.25) is 0 Å². The number of aliphatic hydroxyl groups excluding tert-OH is 1. The minimum atomic E-state index is -1.26. The molecule has 2 rings (SSSR count). The summed E-state index contributed by atoms with van der Waals surface area (Å²) in [7, 11) is 0. The number of carbonyl (C=O) groups excluding carboxylic acids is 2. The van der Waals surface area contributed by atoms with Crippen molar-refractivity contribution in [1.82, 2.24) is 10.2 Å². The SMILES string of the molecule is NC(=O)C(O)CN1CCC(NC2CC2)C1=O. The summed E-state index contributed by atoms with van der Waals surface area (Å²) in [6, 6.07) is 0.336. The molecule has 1 saturated carbocycles. The Morgan fingerprint density at radius 2 is 2.25 bits per heavy atom. The van der Waals surface area contributed by atoms with Crippen LogP contribution >= 0.6 is 0 Å².